The van der Waals surface area contributed by atoms with E-state index in [4.69, 9.17) is 5.73 Å². The van der Waals surface area contributed by atoms with Crippen molar-refractivity contribution in [2.75, 3.05) is 0 Å². The Labute approximate surface area is 149 Å². The minimum absolute atomic E-state index is 0. The number of thiazole rings is 1. The molecule has 128 valence electrons. The van der Waals surface area contributed by atoms with E-state index < -0.39 is 0 Å². The molecule has 1 saturated carbocycles. The van der Waals surface area contributed by atoms with E-state index in [1.165, 1.54) is 0 Å². The molecular weight excluding hydrogens is 341 g/mol. The molecule has 0 aliphatic heterocycles. The molecule has 22 heavy (non-hydrogen) atoms. The molecule has 1 aliphatic rings. The third-order valence-corrected chi connectivity index (χ3v) is 5.01. The Bertz CT molecular complexity index is 477. The number of nitrogens with two attached hydrogens (primary N) is 1. The Morgan fingerprint density at radius 3 is 2.73 bits per heavy atom. The van der Waals surface area contributed by atoms with Gasteiger partial charge in [0, 0.05) is 10.9 Å². The Balaban J connectivity index is 0.00000220. The van der Waals surface area contributed by atoms with Crippen molar-refractivity contribution in [2.24, 2.45) is 11.7 Å². The van der Waals surface area contributed by atoms with Crippen LogP contribution in [0.3, 0.4) is 0 Å². The second-order valence-corrected chi connectivity index (χ2v) is 7.29. The fourth-order valence-electron chi connectivity index (χ4n) is 2.75. The summed E-state index contributed by atoms with van der Waals surface area (Å²) in [6.07, 6.45) is 4.05. The number of aromatic nitrogens is 1. The fourth-order valence-corrected chi connectivity index (χ4v) is 3.64. The molecule has 7 heteroatoms. The molecule has 1 aliphatic carbocycles. The number of amides is 1. The van der Waals surface area contributed by atoms with Gasteiger partial charge in [0.25, 0.3) is 0 Å². The molecule has 0 bridgehead atoms. The zero-order valence-corrected chi connectivity index (χ0v) is 15.9. The third kappa shape index (κ3) is 5.37. The van der Waals surface area contributed by atoms with E-state index >= 15 is 0 Å². The number of nitrogens with zero attached hydrogens (tertiary/aromatic N) is 1. The van der Waals surface area contributed by atoms with Gasteiger partial charge in [0.1, 0.15) is 5.01 Å². The molecule has 0 spiro atoms. The second kappa shape index (κ2) is 9.06. The number of rotatable bonds is 4. The molecule has 3 N–H and O–H groups in total. The van der Waals surface area contributed by atoms with Crippen LogP contribution in [0.1, 0.15) is 63.1 Å². The van der Waals surface area contributed by atoms with Crippen LogP contribution >= 0.6 is 36.2 Å². The van der Waals surface area contributed by atoms with E-state index in [2.05, 4.69) is 29.5 Å². The highest BCUT2D eigenvalue weighted by molar-refractivity contribution is 7.09. The number of hydrogen-bond acceptors (Lipinski definition) is 4. The van der Waals surface area contributed by atoms with E-state index in [1.54, 1.807) is 11.3 Å². The number of hydrogen-bond donors (Lipinski definition) is 2. The van der Waals surface area contributed by atoms with Gasteiger partial charge >= 0.3 is 0 Å². The van der Waals surface area contributed by atoms with E-state index in [-0.39, 0.29) is 42.2 Å². The Morgan fingerprint density at radius 2 is 2.18 bits per heavy atom. The Hall–Kier alpha value is -0.360. The van der Waals surface area contributed by atoms with Crippen LogP contribution in [0.15, 0.2) is 5.38 Å². The quantitative estimate of drug-likeness (QED) is 0.853. The number of carbonyl (C=O) groups is 1. The maximum Gasteiger partial charge on any atom is 0.225 e. The minimum atomic E-state index is -0.367. The lowest BCUT2D eigenvalue weighted by molar-refractivity contribution is -0.128. The summed E-state index contributed by atoms with van der Waals surface area (Å²) in [7, 11) is 0. The van der Waals surface area contributed by atoms with Crippen molar-refractivity contribution in [2.45, 2.75) is 64.5 Å². The highest BCUT2D eigenvalue weighted by Crippen LogP contribution is 2.31. The smallest absolute Gasteiger partial charge is 0.225 e. The van der Waals surface area contributed by atoms with Gasteiger partial charge in [-0.15, -0.1) is 36.2 Å². The predicted octanol–water partition coefficient (Wildman–Crippen LogP) is 3.63. The van der Waals surface area contributed by atoms with Crippen LogP contribution in [0.5, 0.6) is 0 Å². The molecule has 0 aromatic carbocycles. The van der Waals surface area contributed by atoms with Gasteiger partial charge in [-0.05, 0) is 25.7 Å². The summed E-state index contributed by atoms with van der Waals surface area (Å²) in [4.78, 5) is 16.8. The van der Waals surface area contributed by atoms with Crippen molar-refractivity contribution in [3.63, 3.8) is 0 Å². The molecule has 1 aromatic heterocycles. The van der Waals surface area contributed by atoms with Gasteiger partial charge < -0.3 is 11.1 Å². The number of halogens is 2. The average molecular weight is 368 g/mol. The molecular formula is C15H27Cl2N3OS. The first-order chi connectivity index (χ1) is 9.40. The molecule has 0 radical (unpaired) electrons. The highest BCUT2D eigenvalue weighted by Gasteiger charge is 2.37. The van der Waals surface area contributed by atoms with Gasteiger partial charge in [0.15, 0.2) is 0 Å². The maximum absolute atomic E-state index is 12.3. The molecule has 2 atom stereocenters. The van der Waals surface area contributed by atoms with E-state index in [0.29, 0.717) is 12.5 Å². The summed E-state index contributed by atoms with van der Waals surface area (Å²) >= 11 is 1.61. The lowest BCUT2D eigenvalue weighted by Gasteiger charge is -2.37. The summed E-state index contributed by atoms with van der Waals surface area (Å²) in [5.74, 6) is 0.443. The lowest BCUT2D eigenvalue weighted by atomic mass is 9.74. The number of carbonyl (C=O) groups excluding carboxylic acids is 1. The zero-order chi connectivity index (χ0) is 14.8. The topological polar surface area (TPSA) is 68.0 Å². The van der Waals surface area contributed by atoms with Crippen LogP contribution in [0.4, 0.5) is 0 Å². The van der Waals surface area contributed by atoms with Crippen LogP contribution in [0.2, 0.25) is 0 Å². The van der Waals surface area contributed by atoms with Crippen LogP contribution in [0.25, 0.3) is 0 Å². The van der Waals surface area contributed by atoms with Gasteiger partial charge in [-0.2, -0.15) is 0 Å². The standard InChI is InChI=1S/C15H25N3OS.2ClH/c1-10(2)12-9-20-13(18-12)8-17-14(19)11-6-4-5-7-15(11,3)16;;/h9-11H,4-8,16H2,1-3H3,(H,17,19);2*1H. The van der Waals surface area contributed by atoms with Crippen molar-refractivity contribution in [3.8, 4) is 0 Å². The van der Waals surface area contributed by atoms with Crippen LogP contribution in [0, 0.1) is 5.92 Å². The van der Waals surface area contributed by atoms with Crippen molar-refractivity contribution in [3.05, 3.63) is 16.1 Å². The molecule has 1 amide bonds. The summed E-state index contributed by atoms with van der Waals surface area (Å²) in [5, 5.41) is 6.04. The predicted molar refractivity (Wildman–Crippen MR) is 97.1 cm³/mol. The Kier molecular flexibility index (Phi) is 8.91. The van der Waals surface area contributed by atoms with E-state index in [9.17, 15) is 4.79 Å². The van der Waals surface area contributed by atoms with Crippen molar-refractivity contribution >= 4 is 42.1 Å². The largest absolute Gasteiger partial charge is 0.349 e. The van der Waals surface area contributed by atoms with E-state index in [0.717, 1.165) is 36.4 Å². The molecule has 4 nitrogen and oxygen atoms in total. The zero-order valence-electron chi connectivity index (χ0n) is 13.4. The van der Waals surface area contributed by atoms with Gasteiger partial charge in [-0.25, -0.2) is 4.98 Å². The van der Waals surface area contributed by atoms with Gasteiger partial charge in [0.2, 0.25) is 5.91 Å². The van der Waals surface area contributed by atoms with Crippen LogP contribution < -0.4 is 11.1 Å². The van der Waals surface area contributed by atoms with Crippen molar-refractivity contribution in [1.29, 1.82) is 0 Å². The molecule has 1 fully saturated rings. The first-order valence-corrected chi connectivity index (χ1v) is 8.29. The van der Waals surface area contributed by atoms with Gasteiger partial charge in [0.05, 0.1) is 18.2 Å². The monoisotopic (exact) mass is 367 g/mol. The Morgan fingerprint density at radius 1 is 1.50 bits per heavy atom. The van der Waals surface area contributed by atoms with Gasteiger partial charge in [-0.1, -0.05) is 26.7 Å². The highest BCUT2D eigenvalue weighted by atomic mass is 35.5. The SMILES string of the molecule is CC(C)c1csc(CNC(=O)C2CCCCC2(C)N)n1.Cl.Cl. The van der Waals surface area contributed by atoms with Crippen LogP contribution in [-0.2, 0) is 11.3 Å². The fraction of sp³-hybridized carbons (Fsp3) is 0.733. The van der Waals surface area contributed by atoms with E-state index in [1.807, 2.05) is 6.92 Å². The first kappa shape index (κ1) is 21.6. The lowest BCUT2D eigenvalue weighted by Crippen LogP contribution is -2.52. The molecule has 1 heterocycles. The molecule has 2 rings (SSSR count). The first-order valence-electron chi connectivity index (χ1n) is 7.41. The summed E-state index contributed by atoms with van der Waals surface area (Å²) in [6, 6.07) is 0. The van der Waals surface area contributed by atoms with Crippen molar-refractivity contribution < 1.29 is 4.79 Å². The summed E-state index contributed by atoms with van der Waals surface area (Å²) < 4.78 is 0. The maximum atomic E-state index is 12.3. The third-order valence-electron chi connectivity index (χ3n) is 4.15. The summed E-state index contributed by atoms with van der Waals surface area (Å²) in [5.41, 5.74) is 6.99. The number of nitrogens with one attached hydrogen (secondary N) is 1. The van der Waals surface area contributed by atoms with Crippen LogP contribution in [-0.4, -0.2) is 16.4 Å². The van der Waals surface area contributed by atoms with Crippen molar-refractivity contribution in [1.82, 2.24) is 10.3 Å². The average Bonchev–Trinajstić information content (AvgIpc) is 2.84. The molecule has 0 saturated heterocycles. The summed E-state index contributed by atoms with van der Waals surface area (Å²) in [6.45, 7) is 6.76. The molecule has 1 aromatic rings. The second-order valence-electron chi connectivity index (χ2n) is 6.34. The minimum Gasteiger partial charge on any atom is -0.349 e. The molecule has 2 unspecified atom stereocenters. The van der Waals surface area contributed by atoms with Gasteiger partial charge in [-0.3, -0.25) is 4.79 Å². The normalized spacial score (nSPS) is 24.3.